The fourth-order valence-electron chi connectivity index (χ4n) is 4.03. The molecule has 156 valence electrons. The summed E-state index contributed by atoms with van der Waals surface area (Å²) in [6.45, 7) is 5.65. The average molecular weight is 418 g/mol. The van der Waals surface area contributed by atoms with Crippen molar-refractivity contribution >= 4 is 28.9 Å². The molecular weight excluding hydrogens is 390 g/mol. The number of halogens is 1. The summed E-state index contributed by atoms with van der Waals surface area (Å²) < 4.78 is 7.50. The standard InChI is InChI=1S/C21H28ClN5O2/c1-25-9-6-23-20(25)15-26-7-4-16(5-8-26)21(28)24-18-14-17(22)2-3-19(18)27-10-12-29-13-11-27/h2-3,6,9,14,16H,4-5,7-8,10-13,15H2,1H3,(H,24,28). The van der Waals surface area contributed by atoms with E-state index in [0.29, 0.717) is 18.2 Å². The van der Waals surface area contributed by atoms with Crippen LogP contribution in [0.4, 0.5) is 11.4 Å². The van der Waals surface area contributed by atoms with Gasteiger partial charge >= 0.3 is 0 Å². The minimum absolute atomic E-state index is 0.0177. The first kappa shape index (κ1) is 20.2. The number of anilines is 2. The molecule has 0 atom stereocenters. The smallest absolute Gasteiger partial charge is 0.227 e. The molecule has 4 rings (SSSR count). The van der Waals surface area contributed by atoms with Crippen LogP contribution >= 0.6 is 11.6 Å². The molecule has 1 aromatic heterocycles. The van der Waals surface area contributed by atoms with E-state index in [0.717, 1.165) is 62.8 Å². The highest BCUT2D eigenvalue weighted by molar-refractivity contribution is 6.31. The number of hydrogen-bond acceptors (Lipinski definition) is 5. The molecule has 2 aliphatic rings. The first-order valence-corrected chi connectivity index (χ1v) is 10.6. The molecule has 1 amide bonds. The van der Waals surface area contributed by atoms with Crippen LogP contribution in [0.15, 0.2) is 30.6 Å². The lowest BCUT2D eigenvalue weighted by atomic mass is 9.95. The number of hydrogen-bond donors (Lipinski definition) is 1. The van der Waals surface area contributed by atoms with Crippen LogP contribution in [-0.2, 0) is 23.1 Å². The lowest BCUT2D eigenvalue weighted by Crippen LogP contribution is -2.39. The highest BCUT2D eigenvalue weighted by atomic mass is 35.5. The Labute approximate surface area is 176 Å². The van der Waals surface area contributed by atoms with Crippen molar-refractivity contribution in [1.82, 2.24) is 14.5 Å². The highest BCUT2D eigenvalue weighted by Gasteiger charge is 2.26. The number of likely N-dealkylation sites (tertiary alicyclic amines) is 1. The molecule has 0 bridgehead atoms. The maximum Gasteiger partial charge on any atom is 0.227 e. The average Bonchev–Trinajstić information content (AvgIpc) is 3.14. The maximum absolute atomic E-state index is 13.0. The lowest BCUT2D eigenvalue weighted by Gasteiger charge is -2.32. The van der Waals surface area contributed by atoms with Crippen molar-refractivity contribution in [2.45, 2.75) is 19.4 Å². The first-order chi connectivity index (χ1) is 14.1. The summed E-state index contributed by atoms with van der Waals surface area (Å²) in [4.78, 5) is 22.0. The number of rotatable bonds is 5. The van der Waals surface area contributed by atoms with Gasteiger partial charge in [-0.15, -0.1) is 0 Å². The molecule has 0 radical (unpaired) electrons. The number of morpholine rings is 1. The molecule has 2 fully saturated rings. The van der Waals surface area contributed by atoms with Crippen LogP contribution in [0.1, 0.15) is 18.7 Å². The van der Waals surface area contributed by atoms with Gasteiger partial charge in [-0.1, -0.05) is 11.6 Å². The fourth-order valence-corrected chi connectivity index (χ4v) is 4.20. The normalized spacial score (nSPS) is 18.8. The molecule has 3 heterocycles. The van der Waals surface area contributed by atoms with Gasteiger partial charge in [0.05, 0.1) is 31.1 Å². The van der Waals surface area contributed by atoms with E-state index in [1.165, 1.54) is 0 Å². The summed E-state index contributed by atoms with van der Waals surface area (Å²) in [5, 5.41) is 3.77. The Kier molecular flexibility index (Phi) is 6.37. The number of nitrogens with one attached hydrogen (secondary N) is 1. The molecule has 0 spiro atoms. The third kappa shape index (κ3) is 4.91. The van der Waals surface area contributed by atoms with E-state index >= 15 is 0 Å². The van der Waals surface area contributed by atoms with Gasteiger partial charge in [-0.25, -0.2) is 4.98 Å². The zero-order valence-electron chi connectivity index (χ0n) is 16.8. The van der Waals surface area contributed by atoms with Crippen molar-refractivity contribution in [2.24, 2.45) is 13.0 Å². The lowest BCUT2D eigenvalue weighted by molar-refractivity contribution is -0.121. The zero-order valence-corrected chi connectivity index (χ0v) is 17.6. The third-order valence-electron chi connectivity index (χ3n) is 5.81. The van der Waals surface area contributed by atoms with Gasteiger partial charge in [-0.3, -0.25) is 9.69 Å². The Morgan fingerprint density at radius 2 is 2.00 bits per heavy atom. The van der Waals surface area contributed by atoms with Crippen LogP contribution in [0.2, 0.25) is 5.02 Å². The third-order valence-corrected chi connectivity index (χ3v) is 6.05. The van der Waals surface area contributed by atoms with E-state index in [-0.39, 0.29) is 11.8 Å². The largest absolute Gasteiger partial charge is 0.378 e. The molecule has 0 unspecified atom stereocenters. The van der Waals surface area contributed by atoms with E-state index in [4.69, 9.17) is 16.3 Å². The van der Waals surface area contributed by atoms with Gasteiger partial charge in [-0.05, 0) is 44.1 Å². The Morgan fingerprint density at radius 1 is 1.24 bits per heavy atom. The van der Waals surface area contributed by atoms with Crippen LogP contribution in [-0.4, -0.2) is 59.8 Å². The number of imidazole rings is 1. The Balaban J connectivity index is 1.36. The van der Waals surface area contributed by atoms with Crippen molar-refractivity contribution in [3.8, 4) is 0 Å². The predicted octanol–water partition coefficient (Wildman–Crippen LogP) is 2.76. The molecule has 1 aromatic carbocycles. The van der Waals surface area contributed by atoms with Gasteiger partial charge in [0.25, 0.3) is 0 Å². The second kappa shape index (κ2) is 9.15. The van der Waals surface area contributed by atoms with Gasteiger partial charge < -0.3 is 19.5 Å². The number of piperidine rings is 1. The Bertz CT molecular complexity index is 841. The van der Waals surface area contributed by atoms with Gasteiger partial charge in [0.2, 0.25) is 5.91 Å². The topological polar surface area (TPSA) is 62.6 Å². The van der Waals surface area contributed by atoms with Crippen LogP contribution < -0.4 is 10.2 Å². The van der Waals surface area contributed by atoms with Crippen molar-refractivity contribution in [2.75, 3.05) is 49.6 Å². The van der Waals surface area contributed by atoms with Crippen molar-refractivity contribution in [3.05, 3.63) is 41.4 Å². The van der Waals surface area contributed by atoms with E-state index in [9.17, 15) is 4.79 Å². The van der Waals surface area contributed by atoms with E-state index < -0.39 is 0 Å². The molecule has 8 heteroatoms. The zero-order chi connectivity index (χ0) is 20.2. The molecule has 29 heavy (non-hydrogen) atoms. The number of aromatic nitrogens is 2. The quantitative estimate of drug-likeness (QED) is 0.810. The van der Waals surface area contributed by atoms with Gasteiger partial charge in [-0.2, -0.15) is 0 Å². The molecule has 0 saturated carbocycles. The number of aryl methyl sites for hydroxylation is 1. The number of amides is 1. The van der Waals surface area contributed by atoms with Crippen molar-refractivity contribution in [1.29, 1.82) is 0 Å². The summed E-state index contributed by atoms with van der Waals surface area (Å²) in [6.07, 6.45) is 5.49. The monoisotopic (exact) mass is 417 g/mol. The summed E-state index contributed by atoms with van der Waals surface area (Å²) in [5.41, 5.74) is 1.80. The van der Waals surface area contributed by atoms with Gasteiger partial charge in [0.1, 0.15) is 5.82 Å². The number of ether oxygens (including phenoxy) is 1. The molecular formula is C21H28ClN5O2. The summed E-state index contributed by atoms with van der Waals surface area (Å²) >= 11 is 6.22. The molecule has 2 saturated heterocycles. The molecule has 1 N–H and O–H groups in total. The predicted molar refractivity (Wildman–Crippen MR) is 114 cm³/mol. The minimum atomic E-state index is 0.0177. The number of carbonyl (C=O) groups excluding carboxylic acids is 1. The van der Waals surface area contributed by atoms with Crippen molar-refractivity contribution in [3.63, 3.8) is 0 Å². The summed E-state index contributed by atoms with van der Waals surface area (Å²) in [6, 6.07) is 5.71. The summed E-state index contributed by atoms with van der Waals surface area (Å²) in [7, 11) is 2.01. The van der Waals surface area contributed by atoms with Crippen molar-refractivity contribution < 1.29 is 9.53 Å². The van der Waals surface area contributed by atoms with Crippen LogP contribution in [0.5, 0.6) is 0 Å². The van der Waals surface area contributed by atoms with E-state index in [2.05, 4.69) is 20.1 Å². The highest BCUT2D eigenvalue weighted by Crippen LogP contribution is 2.31. The minimum Gasteiger partial charge on any atom is -0.378 e. The second-order valence-corrected chi connectivity index (χ2v) is 8.19. The van der Waals surface area contributed by atoms with Crippen LogP contribution in [0.25, 0.3) is 0 Å². The molecule has 0 aliphatic carbocycles. The maximum atomic E-state index is 13.0. The Hall–Kier alpha value is -2.09. The molecule has 2 aromatic rings. The van der Waals surface area contributed by atoms with Gasteiger partial charge in [0.15, 0.2) is 0 Å². The van der Waals surface area contributed by atoms with Gasteiger partial charge in [0, 0.05) is 43.5 Å². The molecule has 7 nitrogen and oxygen atoms in total. The SMILES string of the molecule is Cn1ccnc1CN1CCC(C(=O)Nc2cc(Cl)ccc2N2CCOCC2)CC1. The fraction of sp³-hybridized carbons (Fsp3) is 0.524. The van der Waals surface area contributed by atoms with E-state index in [1.54, 1.807) is 0 Å². The van der Waals surface area contributed by atoms with Crippen LogP contribution in [0.3, 0.4) is 0 Å². The second-order valence-electron chi connectivity index (χ2n) is 7.75. The first-order valence-electron chi connectivity index (χ1n) is 10.2. The van der Waals surface area contributed by atoms with Crippen LogP contribution in [0, 0.1) is 5.92 Å². The number of nitrogens with zero attached hydrogens (tertiary/aromatic N) is 4. The van der Waals surface area contributed by atoms with E-state index in [1.807, 2.05) is 42.2 Å². The Morgan fingerprint density at radius 3 is 2.69 bits per heavy atom. The summed E-state index contributed by atoms with van der Waals surface area (Å²) in [5.74, 6) is 1.16. The number of carbonyl (C=O) groups is 1. The molecule has 2 aliphatic heterocycles. The number of benzene rings is 1.